The molecule has 0 unspecified atom stereocenters. The summed E-state index contributed by atoms with van der Waals surface area (Å²) in [6.45, 7) is 7.18. The molecule has 0 radical (unpaired) electrons. The smallest absolute Gasteiger partial charge is 0.224 e. The Morgan fingerprint density at radius 1 is 1.23 bits per heavy atom. The largest absolute Gasteiger partial charge is 0.364 e. The number of aromatic nitrogens is 1. The number of anilines is 1. The summed E-state index contributed by atoms with van der Waals surface area (Å²) >= 11 is 0. The van der Waals surface area contributed by atoms with Gasteiger partial charge in [-0.1, -0.05) is 24.2 Å². The van der Waals surface area contributed by atoms with Crippen molar-refractivity contribution < 1.29 is 9.32 Å². The van der Waals surface area contributed by atoms with Crippen molar-refractivity contribution >= 4 is 41.5 Å². The van der Waals surface area contributed by atoms with Crippen LogP contribution in [0.5, 0.6) is 0 Å². The number of aliphatic imine (C=N–C) groups is 1. The van der Waals surface area contributed by atoms with Gasteiger partial charge in [-0.2, -0.15) is 0 Å². The Balaban J connectivity index is 0.00000320. The number of amides is 1. The molecule has 2 heterocycles. The van der Waals surface area contributed by atoms with Gasteiger partial charge in [-0.3, -0.25) is 14.7 Å². The van der Waals surface area contributed by atoms with Crippen molar-refractivity contribution in [2.75, 3.05) is 38.5 Å². The van der Waals surface area contributed by atoms with Crippen molar-refractivity contribution in [2.45, 2.75) is 32.9 Å². The van der Waals surface area contributed by atoms with Crippen LogP contribution in [-0.2, 0) is 17.9 Å². The molecule has 1 aromatic heterocycles. The zero-order valence-electron chi connectivity index (χ0n) is 17.6. The van der Waals surface area contributed by atoms with E-state index < -0.39 is 0 Å². The van der Waals surface area contributed by atoms with E-state index >= 15 is 0 Å². The second-order valence-electron chi connectivity index (χ2n) is 7.15. The predicted molar refractivity (Wildman–Crippen MR) is 129 cm³/mol. The minimum Gasteiger partial charge on any atom is -0.364 e. The van der Waals surface area contributed by atoms with Crippen molar-refractivity contribution in [3.05, 3.63) is 47.9 Å². The topological polar surface area (TPSA) is 86.0 Å². The van der Waals surface area contributed by atoms with Gasteiger partial charge < -0.3 is 20.1 Å². The summed E-state index contributed by atoms with van der Waals surface area (Å²) in [6.07, 6.45) is 2.99. The Kier molecular flexibility index (Phi) is 10.1. The maximum absolute atomic E-state index is 11.8. The molecular weight excluding hydrogens is 495 g/mol. The van der Waals surface area contributed by atoms with Crippen molar-refractivity contribution in [2.24, 2.45) is 4.99 Å². The van der Waals surface area contributed by atoms with E-state index in [1.54, 1.807) is 6.26 Å². The van der Waals surface area contributed by atoms with Crippen LogP contribution in [0.25, 0.3) is 0 Å². The summed E-state index contributed by atoms with van der Waals surface area (Å²) in [5.41, 5.74) is 2.90. The summed E-state index contributed by atoms with van der Waals surface area (Å²) in [6, 6.07) is 9.84. The molecule has 2 N–H and O–H groups in total. The molecule has 0 atom stereocenters. The van der Waals surface area contributed by atoms with E-state index in [2.05, 4.69) is 30.6 Å². The van der Waals surface area contributed by atoms with Crippen LogP contribution < -0.4 is 10.6 Å². The van der Waals surface area contributed by atoms with Gasteiger partial charge in [-0.25, -0.2) is 0 Å². The molecule has 8 nitrogen and oxygen atoms in total. The second-order valence-corrected chi connectivity index (χ2v) is 7.15. The van der Waals surface area contributed by atoms with Crippen LogP contribution in [0.15, 0.2) is 46.1 Å². The van der Waals surface area contributed by atoms with E-state index in [1.165, 1.54) is 0 Å². The number of hydrogen-bond donors (Lipinski definition) is 2. The van der Waals surface area contributed by atoms with E-state index in [0.717, 1.165) is 62.0 Å². The van der Waals surface area contributed by atoms with E-state index in [9.17, 15) is 4.79 Å². The summed E-state index contributed by atoms with van der Waals surface area (Å²) in [5, 5.41) is 10.4. The SMILES string of the molecule is CCCC(=O)Nc1cccc(CNC(=NC)N2CCN(Cc3ccon3)CC2)c1.I. The number of nitrogens with one attached hydrogen (secondary N) is 2. The molecule has 2 aromatic rings. The molecule has 164 valence electrons. The van der Waals surface area contributed by atoms with Gasteiger partial charge in [0.05, 0.1) is 5.69 Å². The highest BCUT2D eigenvalue weighted by Crippen LogP contribution is 2.12. The Morgan fingerprint density at radius 3 is 2.70 bits per heavy atom. The van der Waals surface area contributed by atoms with Gasteiger partial charge in [0, 0.05) is 64.5 Å². The maximum Gasteiger partial charge on any atom is 0.224 e. The van der Waals surface area contributed by atoms with Crippen LogP contribution in [0.1, 0.15) is 31.0 Å². The monoisotopic (exact) mass is 526 g/mol. The van der Waals surface area contributed by atoms with Crippen molar-refractivity contribution in [3.63, 3.8) is 0 Å². The highest BCUT2D eigenvalue weighted by molar-refractivity contribution is 14.0. The molecule has 1 saturated heterocycles. The second kappa shape index (κ2) is 12.5. The first-order chi connectivity index (χ1) is 14.2. The molecule has 0 bridgehead atoms. The minimum atomic E-state index is 0. The van der Waals surface area contributed by atoms with Crippen molar-refractivity contribution in [1.29, 1.82) is 0 Å². The predicted octanol–water partition coefficient (Wildman–Crippen LogP) is 2.92. The molecule has 3 rings (SSSR count). The fourth-order valence-corrected chi connectivity index (χ4v) is 3.39. The minimum absolute atomic E-state index is 0. The third-order valence-electron chi connectivity index (χ3n) is 4.90. The lowest BCUT2D eigenvalue weighted by atomic mass is 10.2. The van der Waals surface area contributed by atoms with Gasteiger partial charge in [0.25, 0.3) is 0 Å². The zero-order chi connectivity index (χ0) is 20.5. The molecule has 30 heavy (non-hydrogen) atoms. The van der Waals surface area contributed by atoms with Gasteiger partial charge in [-0.15, -0.1) is 24.0 Å². The Labute approximate surface area is 195 Å². The van der Waals surface area contributed by atoms with Crippen LogP contribution in [0.4, 0.5) is 5.69 Å². The molecule has 0 aliphatic carbocycles. The molecule has 1 amide bonds. The molecule has 1 fully saturated rings. The normalized spacial score (nSPS) is 14.9. The summed E-state index contributed by atoms with van der Waals surface area (Å²) in [4.78, 5) is 20.9. The number of piperazine rings is 1. The Hall–Kier alpha value is -2.14. The van der Waals surface area contributed by atoms with Crippen LogP contribution in [-0.4, -0.2) is 60.0 Å². The highest BCUT2D eigenvalue weighted by atomic mass is 127. The van der Waals surface area contributed by atoms with Gasteiger partial charge in [0.2, 0.25) is 5.91 Å². The van der Waals surface area contributed by atoms with E-state index in [0.29, 0.717) is 13.0 Å². The number of carbonyl (C=O) groups is 1. The number of benzene rings is 1. The summed E-state index contributed by atoms with van der Waals surface area (Å²) in [5.74, 6) is 0.948. The fourth-order valence-electron chi connectivity index (χ4n) is 3.39. The number of halogens is 1. The van der Waals surface area contributed by atoms with E-state index in [4.69, 9.17) is 4.52 Å². The molecule has 1 aliphatic rings. The average molecular weight is 526 g/mol. The first kappa shape index (κ1) is 24.1. The highest BCUT2D eigenvalue weighted by Gasteiger charge is 2.20. The van der Waals surface area contributed by atoms with E-state index in [-0.39, 0.29) is 29.9 Å². The number of rotatable bonds is 7. The van der Waals surface area contributed by atoms with E-state index in [1.807, 2.05) is 44.3 Å². The summed E-state index contributed by atoms with van der Waals surface area (Å²) < 4.78 is 4.91. The van der Waals surface area contributed by atoms with Crippen molar-refractivity contribution in [1.82, 2.24) is 20.3 Å². The number of carbonyl (C=O) groups excluding carboxylic acids is 1. The lowest BCUT2D eigenvalue weighted by molar-refractivity contribution is -0.116. The first-order valence-corrected chi connectivity index (χ1v) is 10.1. The first-order valence-electron chi connectivity index (χ1n) is 10.1. The van der Waals surface area contributed by atoms with Crippen LogP contribution in [0.3, 0.4) is 0 Å². The molecule has 1 aliphatic heterocycles. The zero-order valence-corrected chi connectivity index (χ0v) is 20.0. The molecular formula is C21H31IN6O2. The molecule has 9 heteroatoms. The third-order valence-corrected chi connectivity index (χ3v) is 4.90. The molecule has 0 saturated carbocycles. The lowest BCUT2D eigenvalue weighted by Crippen LogP contribution is -2.52. The average Bonchev–Trinajstić information content (AvgIpc) is 3.23. The molecule has 0 spiro atoms. The van der Waals surface area contributed by atoms with Gasteiger partial charge in [0.1, 0.15) is 6.26 Å². The fraction of sp³-hybridized carbons (Fsp3) is 0.476. The number of guanidine groups is 1. The lowest BCUT2D eigenvalue weighted by Gasteiger charge is -2.36. The van der Waals surface area contributed by atoms with Gasteiger partial charge in [0.15, 0.2) is 5.96 Å². The van der Waals surface area contributed by atoms with Crippen molar-refractivity contribution in [3.8, 4) is 0 Å². The Bertz CT molecular complexity index is 804. The number of nitrogens with zero attached hydrogens (tertiary/aromatic N) is 4. The van der Waals surface area contributed by atoms with Gasteiger partial charge >= 0.3 is 0 Å². The quantitative estimate of drug-likeness (QED) is 0.328. The standard InChI is InChI=1S/C21H30N6O2.HI/c1-3-5-20(28)24-18-7-4-6-17(14-18)15-23-21(22-2)27-11-9-26(10-12-27)16-19-8-13-29-25-19;/h4,6-8,13-14H,3,5,9-12,15-16H2,1-2H3,(H,22,23)(H,24,28);1H. The number of hydrogen-bond acceptors (Lipinski definition) is 5. The molecule has 1 aromatic carbocycles. The van der Waals surface area contributed by atoms with Gasteiger partial charge in [-0.05, 0) is 24.1 Å². The third kappa shape index (κ3) is 7.28. The van der Waals surface area contributed by atoms with Crippen LogP contribution >= 0.6 is 24.0 Å². The van der Waals surface area contributed by atoms with Crippen LogP contribution in [0.2, 0.25) is 0 Å². The Morgan fingerprint density at radius 2 is 2.03 bits per heavy atom. The maximum atomic E-state index is 11.8. The summed E-state index contributed by atoms with van der Waals surface area (Å²) in [7, 11) is 1.81. The van der Waals surface area contributed by atoms with Crippen LogP contribution in [0, 0.1) is 0 Å².